The molecule has 0 saturated carbocycles. The molecule has 0 radical (unpaired) electrons. The number of nitrogens with one attached hydrogen (secondary N) is 1. The fraction of sp³-hybridized carbons (Fsp3) is 0.412. The van der Waals surface area contributed by atoms with Crippen molar-refractivity contribution in [1.29, 1.82) is 0 Å². The van der Waals surface area contributed by atoms with Crippen LogP contribution in [0, 0.1) is 0 Å². The molecule has 0 atom stereocenters. The summed E-state index contributed by atoms with van der Waals surface area (Å²) < 4.78 is 5.69. The fourth-order valence-corrected chi connectivity index (χ4v) is 3.24. The molecule has 3 rings (SSSR count). The Morgan fingerprint density at radius 1 is 1.18 bits per heavy atom. The zero-order chi connectivity index (χ0) is 15.4. The van der Waals surface area contributed by atoms with E-state index in [4.69, 9.17) is 4.98 Å². The minimum Gasteiger partial charge on any atom is -0.327 e. The summed E-state index contributed by atoms with van der Waals surface area (Å²) in [7, 11) is 0. The molecule has 116 valence electrons. The Bertz CT molecular complexity index is 766. The molecular weight excluding hydrogens is 292 g/mol. The molecule has 0 bridgehead atoms. The standard InChI is InChI=1S/C17H22N4S/c1-3-16-20-15-12-18-14-9-5-4-8-13(14)17(15)21(16)11-7-6-10-19-22-2/h4-5,8-9,12,19H,3,6-7,10-11H2,1-2H3. The van der Waals surface area contributed by atoms with Crippen molar-refractivity contribution >= 4 is 33.9 Å². The van der Waals surface area contributed by atoms with E-state index in [1.165, 1.54) is 17.3 Å². The summed E-state index contributed by atoms with van der Waals surface area (Å²) >= 11 is 1.68. The average molecular weight is 314 g/mol. The Hall–Kier alpha value is -1.59. The Kier molecular flexibility index (Phi) is 4.95. The van der Waals surface area contributed by atoms with Gasteiger partial charge in [-0.25, -0.2) is 4.98 Å². The van der Waals surface area contributed by atoms with Crippen molar-refractivity contribution in [3.8, 4) is 0 Å². The van der Waals surface area contributed by atoms with Crippen molar-refractivity contribution in [3.05, 3.63) is 36.3 Å². The van der Waals surface area contributed by atoms with Gasteiger partial charge in [-0.1, -0.05) is 37.1 Å². The van der Waals surface area contributed by atoms with Crippen LogP contribution < -0.4 is 4.72 Å². The van der Waals surface area contributed by atoms with Crippen LogP contribution in [0.2, 0.25) is 0 Å². The Morgan fingerprint density at radius 2 is 2.05 bits per heavy atom. The van der Waals surface area contributed by atoms with Crippen molar-refractivity contribution in [1.82, 2.24) is 19.3 Å². The topological polar surface area (TPSA) is 42.7 Å². The van der Waals surface area contributed by atoms with Gasteiger partial charge in [-0.2, -0.15) is 0 Å². The van der Waals surface area contributed by atoms with E-state index in [-0.39, 0.29) is 0 Å². The molecule has 0 unspecified atom stereocenters. The van der Waals surface area contributed by atoms with E-state index in [9.17, 15) is 0 Å². The third kappa shape index (κ3) is 2.96. The van der Waals surface area contributed by atoms with Crippen LogP contribution in [0.5, 0.6) is 0 Å². The zero-order valence-electron chi connectivity index (χ0n) is 13.2. The maximum absolute atomic E-state index is 4.78. The van der Waals surface area contributed by atoms with Gasteiger partial charge in [0, 0.05) is 24.9 Å². The molecule has 4 nitrogen and oxygen atoms in total. The second kappa shape index (κ2) is 7.11. The first-order chi connectivity index (χ1) is 10.8. The number of imidazole rings is 1. The molecular formula is C17H22N4S. The highest BCUT2D eigenvalue weighted by Crippen LogP contribution is 2.25. The molecule has 0 fully saturated rings. The molecule has 0 amide bonds. The number of aryl methyl sites for hydroxylation is 2. The van der Waals surface area contributed by atoms with E-state index in [1.807, 2.05) is 12.3 Å². The molecule has 0 spiro atoms. The van der Waals surface area contributed by atoms with Crippen LogP contribution in [-0.2, 0) is 13.0 Å². The van der Waals surface area contributed by atoms with Gasteiger partial charge in [0.2, 0.25) is 0 Å². The normalized spacial score (nSPS) is 11.5. The van der Waals surface area contributed by atoms with E-state index in [0.717, 1.165) is 42.8 Å². The van der Waals surface area contributed by atoms with Gasteiger partial charge < -0.3 is 4.57 Å². The van der Waals surface area contributed by atoms with Crippen LogP contribution in [0.1, 0.15) is 25.6 Å². The summed E-state index contributed by atoms with van der Waals surface area (Å²) in [4.78, 5) is 9.31. The third-order valence-electron chi connectivity index (χ3n) is 3.93. The second-order valence-corrected chi connectivity index (χ2v) is 6.04. The number of benzene rings is 1. The van der Waals surface area contributed by atoms with Gasteiger partial charge in [0.1, 0.15) is 11.3 Å². The summed E-state index contributed by atoms with van der Waals surface area (Å²) in [6.45, 7) is 4.24. The van der Waals surface area contributed by atoms with Gasteiger partial charge in [-0.15, -0.1) is 0 Å². The lowest BCUT2D eigenvalue weighted by molar-refractivity contribution is 0.600. The molecule has 1 N–H and O–H groups in total. The van der Waals surface area contributed by atoms with E-state index in [1.54, 1.807) is 11.9 Å². The van der Waals surface area contributed by atoms with Crippen molar-refractivity contribution in [2.75, 3.05) is 12.8 Å². The van der Waals surface area contributed by atoms with Crippen molar-refractivity contribution in [2.45, 2.75) is 32.7 Å². The first-order valence-corrected chi connectivity index (χ1v) is 9.06. The summed E-state index contributed by atoms with van der Waals surface area (Å²) in [5.74, 6) is 1.16. The van der Waals surface area contributed by atoms with Gasteiger partial charge in [0.15, 0.2) is 0 Å². The maximum atomic E-state index is 4.78. The number of nitrogens with zero attached hydrogens (tertiary/aromatic N) is 3. The molecule has 5 heteroatoms. The minimum atomic E-state index is 0.950. The van der Waals surface area contributed by atoms with Crippen LogP contribution >= 0.6 is 11.9 Å². The Morgan fingerprint density at radius 3 is 2.86 bits per heavy atom. The molecule has 1 aromatic carbocycles. The van der Waals surface area contributed by atoms with Crippen LogP contribution in [0.15, 0.2) is 30.5 Å². The second-order valence-electron chi connectivity index (χ2n) is 5.35. The van der Waals surface area contributed by atoms with Gasteiger partial charge in [-0.05, 0) is 25.2 Å². The molecule has 2 aromatic heterocycles. The van der Waals surface area contributed by atoms with Crippen molar-refractivity contribution in [2.24, 2.45) is 0 Å². The van der Waals surface area contributed by atoms with E-state index in [0.29, 0.717) is 0 Å². The van der Waals surface area contributed by atoms with Gasteiger partial charge in [0.05, 0.1) is 17.2 Å². The summed E-state index contributed by atoms with van der Waals surface area (Å²) in [5.41, 5.74) is 3.29. The fourth-order valence-electron chi connectivity index (χ4n) is 2.89. The molecule has 0 saturated heterocycles. The quantitative estimate of drug-likeness (QED) is 0.532. The maximum Gasteiger partial charge on any atom is 0.109 e. The largest absolute Gasteiger partial charge is 0.327 e. The summed E-state index contributed by atoms with van der Waals surface area (Å²) in [6, 6.07) is 8.34. The first kappa shape index (κ1) is 15.3. The highest BCUT2D eigenvalue weighted by atomic mass is 32.2. The minimum absolute atomic E-state index is 0.950. The number of fused-ring (bicyclic) bond motifs is 3. The molecule has 0 aliphatic rings. The summed E-state index contributed by atoms with van der Waals surface area (Å²) in [5, 5.41) is 1.20. The number of hydrogen-bond acceptors (Lipinski definition) is 4. The Balaban J connectivity index is 1.97. The number of unbranched alkanes of at least 4 members (excludes halogenated alkanes) is 1. The first-order valence-electron chi connectivity index (χ1n) is 7.84. The lowest BCUT2D eigenvalue weighted by Crippen LogP contribution is -2.08. The van der Waals surface area contributed by atoms with Crippen LogP contribution in [0.3, 0.4) is 0 Å². The van der Waals surface area contributed by atoms with Crippen LogP contribution in [0.25, 0.3) is 21.9 Å². The lowest BCUT2D eigenvalue weighted by atomic mass is 10.2. The van der Waals surface area contributed by atoms with Gasteiger partial charge in [-0.3, -0.25) is 9.71 Å². The monoisotopic (exact) mass is 314 g/mol. The molecule has 3 aromatic rings. The van der Waals surface area contributed by atoms with Crippen molar-refractivity contribution < 1.29 is 0 Å². The van der Waals surface area contributed by atoms with Gasteiger partial charge >= 0.3 is 0 Å². The van der Waals surface area contributed by atoms with Gasteiger partial charge in [0.25, 0.3) is 0 Å². The summed E-state index contributed by atoms with van der Waals surface area (Å²) in [6.07, 6.45) is 7.25. The molecule has 22 heavy (non-hydrogen) atoms. The SMILES string of the molecule is CCc1nc2cnc3ccccc3c2n1CCCCNSC. The highest BCUT2D eigenvalue weighted by molar-refractivity contribution is 7.96. The molecule has 0 aliphatic heterocycles. The van der Waals surface area contributed by atoms with E-state index >= 15 is 0 Å². The van der Waals surface area contributed by atoms with E-state index < -0.39 is 0 Å². The highest BCUT2D eigenvalue weighted by Gasteiger charge is 2.12. The van der Waals surface area contributed by atoms with Crippen molar-refractivity contribution in [3.63, 3.8) is 0 Å². The predicted octanol–water partition coefficient (Wildman–Crippen LogP) is 3.79. The van der Waals surface area contributed by atoms with Crippen LogP contribution in [-0.4, -0.2) is 27.3 Å². The molecule has 2 heterocycles. The number of hydrogen-bond donors (Lipinski definition) is 1. The number of para-hydroxylation sites is 1. The van der Waals surface area contributed by atoms with Crippen LogP contribution in [0.4, 0.5) is 0 Å². The smallest absolute Gasteiger partial charge is 0.109 e. The van der Waals surface area contributed by atoms with E-state index in [2.05, 4.69) is 45.7 Å². The number of pyridine rings is 1. The average Bonchev–Trinajstić information content (AvgIpc) is 2.93. The third-order valence-corrected chi connectivity index (χ3v) is 4.42. The molecule has 0 aliphatic carbocycles. The lowest BCUT2D eigenvalue weighted by Gasteiger charge is -2.09. The predicted molar refractivity (Wildman–Crippen MR) is 95.2 cm³/mol. The number of aromatic nitrogens is 3. The number of rotatable bonds is 7. The Labute approximate surface area is 135 Å². The zero-order valence-corrected chi connectivity index (χ0v) is 14.0.